The van der Waals surface area contributed by atoms with Gasteiger partial charge in [0.25, 0.3) is 5.91 Å². The molecule has 1 aliphatic rings. The third-order valence-electron chi connectivity index (χ3n) is 13.3. The second-order valence-corrected chi connectivity index (χ2v) is 21.3. The molecular weight excluding hydrogens is 1120 g/mol. The highest BCUT2D eigenvalue weighted by molar-refractivity contribution is 6.31. The fourth-order valence-corrected chi connectivity index (χ4v) is 9.93. The molecule has 24 heteroatoms. The Bertz CT molecular complexity index is 3040. The molecule has 0 radical (unpaired) electrons. The van der Waals surface area contributed by atoms with Gasteiger partial charge in [0.15, 0.2) is 11.6 Å². The Balaban J connectivity index is 0.870. The van der Waals surface area contributed by atoms with Gasteiger partial charge in [0.2, 0.25) is 11.9 Å². The average molecular weight is 1190 g/mol. The number of halogens is 4. The lowest BCUT2D eigenvalue weighted by Crippen LogP contribution is -2.45. The fourth-order valence-electron chi connectivity index (χ4n) is 9.59. The number of carboxylic acid groups (broad SMARTS) is 1. The van der Waals surface area contributed by atoms with Gasteiger partial charge in [-0.3, -0.25) is 14.4 Å². The zero-order chi connectivity index (χ0) is 60.1. The summed E-state index contributed by atoms with van der Waals surface area (Å²) >= 11 is 12.5. The molecule has 0 aliphatic carbocycles. The number of anilines is 3. The molecule has 0 spiro atoms. The fraction of sp³-hybridized carbons (Fsp3) is 0.458. The van der Waals surface area contributed by atoms with Crippen LogP contribution in [-0.2, 0) is 46.8 Å². The number of hydrogen-bond donors (Lipinski definition) is 6. The van der Waals surface area contributed by atoms with E-state index in [1.165, 1.54) is 55.6 Å². The summed E-state index contributed by atoms with van der Waals surface area (Å²) < 4.78 is 77.9. The van der Waals surface area contributed by atoms with Crippen molar-refractivity contribution in [3.8, 4) is 29.1 Å². The van der Waals surface area contributed by atoms with Crippen LogP contribution < -0.4 is 46.4 Å². The number of hydrogen-bond acceptors (Lipinski definition) is 17. The van der Waals surface area contributed by atoms with Crippen molar-refractivity contribution >= 4 is 58.4 Å². The lowest BCUT2D eigenvalue weighted by molar-refractivity contribution is -0.137. The number of nitrogens with one attached hydrogen (secondary N) is 3. The van der Waals surface area contributed by atoms with Gasteiger partial charge in [0, 0.05) is 47.5 Å². The molecule has 0 bridgehead atoms. The summed E-state index contributed by atoms with van der Waals surface area (Å²) in [5, 5.41) is 29.3. The molecule has 20 nitrogen and oxygen atoms in total. The Hall–Kier alpha value is -7.10. The largest absolute Gasteiger partial charge is 0.495 e. The Labute approximate surface area is 491 Å². The quantitative estimate of drug-likeness (QED) is 0.0215. The van der Waals surface area contributed by atoms with Crippen LogP contribution in [0.3, 0.4) is 0 Å². The zero-order valence-corrected chi connectivity index (χ0v) is 48.6. The molecule has 1 aromatic heterocycles. The number of ether oxygens (including phenoxy) is 8. The molecule has 4 atom stereocenters. The number of carbonyl (C=O) groups excluding carboxylic acids is 2. The van der Waals surface area contributed by atoms with Crippen molar-refractivity contribution in [1.82, 2.24) is 20.6 Å². The number of aryl methyl sites for hydroxylation is 2. The van der Waals surface area contributed by atoms with Gasteiger partial charge in [-0.1, -0.05) is 69.1 Å². The van der Waals surface area contributed by atoms with Gasteiger partial charge in [-0.05, 0) is 90.4 Å². The predicted octanol–water partition coefficient (Wildman–Crippen LogP) is 8.50. The van der Waals surface area contributed by atoms with Crippen molar-refractivity contribution in [3.63, 3.8) is 0 Å². The van der Waals surface area contributed by atoms with E-state index in [0.29, 0.717) is 94.2 Å². The standard InChI is InChI=1S/C59H72Cl2F2N8O12/c1-6-44-53(54(65)71-57(66)69-44)83-21-8-20-82-46-17-14-39(31-36(46)12-18-49(72)73)81-30-29-80-28-27-79-26-25-78-24-23-77-22-19-67-55(74)37-11-16-45(47(32-37)76-5)68-56(75)52-50(40-9-7-10-42(61)51(40)63)59(35-64,48(70-52)34-58(2,3)4)41-15-13-38(60)33-43(41)62/h7,9-11,13-17,31-33,48,50,52,70H,6,8,12,18-30,34H2,1-5H3,(H,67,74)(H,68,75)(H,72,73)(H4,65,66,69,71)/t48-,50-,52?,59-/m1/s1. The zero-order valence-electron chi connectivity index (χ0n) is 47.1. The van der Waals surface area contributed by atoms with E-state index in [1.807, 2.05) is 27.7 Å². The van der Waals surface area contributed by atoms with Crippen LogP contribution >= 0.6 is 23.2 Å². The molecule has 4 aromatic carbocycles. The van der Waals surface area contributed by atoms with E-state index in [-0.39, 0.29) is 95.6 Å². The van der Waals surface area contributed by atoms with Crippen molar-refractivity contribution in [2.24, 2.45) is 5.41 Å². The summed E-state index contributed by atoms with van der Waals surface area (Å²) in [7, 11) is 1.37. The molecular formula is C59H72Cl2F2N8O12. The van der Waals surface area contributed by atoms with Crippen LogP contribution in [0.2, 0.25) is 10.0 Å². The number of benzene rings is 4. The minimum atomic E-state index is -1.82. The normalized spacial score (nSPS) is 16.7. The SMILES string of the molecule is CCc1nc(N)nc(N)c1OCCCOc1ccc(OCCOCCOCCOCCOCCNC(=O)c2ccc(NC(=O)C3N[C@H](CC(C)(C)C)[C@@](C#N)(c4ccc(Cl)cc4F)[C@@H]3c3cccc(Cl)c3F)c(OC)c2)cc1CCC(=O)O. The Morgan fingerprint density at radius 1 is 0.831 bits per heavy atom. The number of aliphatic carboxylic acids is 1. The first-order chi connectivity index (χ1) is 39.8. The highest BCUT2D eigenvalue weighted by Gasteiger charge is 2.61. The summed E-state index contributed by atoms with van der Waals surface area (Å²) in [6.07, 6.45) is 1.54. The predicted molar refractivity (Wildman–Crippen MR) is 309 cm³/mol. The maximum atomic E-state index is 16.2. The maximum absolute atomic E-state index is 16.2. The van der Waals surface area contributed by atoms with Gasteiger partial charge in [0.1, 0.15) is 40.9 Å². The van der Waals surface area contributed by atoms with E-state index < -0.39 is 58.2 Å². The summed E-state index contributed by atoms with van der Waals surface area (Å²) in [5.41, 5.74) is 11.0. The lowest BCUT2D eigenvalue weighted by Gasteiger charge is -2.37. The summed E-state index contributed by atoms with van der Waals surface area (Å²) in [6, 6.07) is 18.1. The number of amides is 2. The summed E-state index contributed by atoms with van der Waals surface area (Å²) in [4.78, 5) is 47.2. The molecule has 1 saturated heterocycles. The van der Waals surface area contributed by atoms with Gasteiger partial charge in [0.05, 0.1) is 102 Å². The Morgan fingerprint density at radius 2 is 1.52 bits per heavy atom. The smallest absolute Gasteiger partial charge is 0.303 e. The molecule has 2 heterocycles. The van der Waals surface area contributed by atoms with Crippen LogP contribution in [0.4, 0.5) is 26.2 Å². The second-order valence-electron chi connectivity index (χ2n) is 20.5. The number of nitrogens with zero attached hydrogens (tertiary/aromatic N) is 3. The van der Waals surface area contributed by atoms with E-state index in [2.05, 4.69) is 32.0 Å². The van der Waals surface area contributed by atoms with Crippen molar-refractivity contribution in [2.45, 2.75) is 83.2 Å². The molecule has 0 saturated carbocycles. The first-order valence-electron chi connectivity index (χ1n) is 27.1. The topological polar surface area (TPSA) is 283 Å². The first kappa shape index (κ1) is 65.1. The first-order valence-corrected chi connectivity index (χ1v) is 27.9. The highest BCUT2D eigenvalue weighted by Crippen LogP contribution is 2.53. The van der Waals surface area contributed by atoms with E-state index in [1.54, 1.807) is 18.2 Å². The van der Waals surface area contributed by atoms with Gasteiger partial charge in [-0.25, -0.2) is 13.8 Å². The van der Waals surface area contributed by atoms with Gasteiger partial charge >= 0.3 is 5.97 Å². The number of nitrogen functional groups attached to an aromatic ring is 2. The highest BCUT2D eigenvalue weighted by atomic mass is 35.5. The number of nitrogens with two attached hydrogens (primary N) is 2. The van der Waals surface area contributed by atoms with E-state index in [0.717, 1.165) is 6.07 Å². The molecule has 1 fully saturated rings. The molecule has 1 aliphatic heterocycles. The molecule has 448 valence electrons. The minimum absolute atomic E-state index is 0.0534. The van der Waals surface area contributed by atoms with Gasteiger partial charge < -0.3 is 70.4 Å². The Morgan fingerprint density at radius 3 is 2.17 bits per heavy atom. The number of methoxy groups -OCH3 is 1. The van der Waals surface area contributed by atoms with E-state index in [4.69, 9.17) is 72.6 Å². The third-order valence-corrected chi connectivity index (χ3v) is 13.9. The molecule has 83 heavy (non-hydrogen) atoms. The number of nitriles is 1. The third kappa shape index (κ3) is 18.2. The van der Waals surface area contributed by atoms with Crippen LogP contribution in [-0.4, -0.2) is 131 Å². The second kappa shape index (κ2) is 31.5. The van der Waals surface area contributed by atoms with Crippen LogP contribution in [0.25, 0.3) is 0 Å². The van der Waals surface area contributed by atoms with Crippen molar-refractivity contribution in [1.29, 1.82) is 5.26 Å². The van der Waals surface area contributed by atoms with Crippen molar-refractivity contribution < 1.29 is 66.2 Å². The van der Waals surface area contributed by atoms with Crippen LogP contribution in [0.1, 0.15) is 85.6 Å². The lowest BCUT2D eigenvalue weighted by atomic mass is 9.62. The molecule has 6 rings (SSSR count). The van der Waals surface area contributed by atoms with Crippen molar-refractivity contribution in [2.75, 3.05) is 103 Å². The molecule has 2 amide bonds. The van der Waals surface area contributed by atoms with Crippen LogP contribution in [0.15, 0.2) is 72.8 Å². The average Bonchev–Trinajstić information content (AvgIpc) is 1.79. The number of carbonyl (C=O) groups is 3. The van der Waals surface area contributed by atoms with Crippen molar-refractivity contribution in [3.05, 3.63) is 122 Å². The summed E-state index contributed by atoms with van der Waals surface area (Å²) in [5.74, 6) is -3.06. The Kier molecular flexibility index (Phi) is 24.7. The van der Waals surface area contributed by atoms with E-state index >= 15 is 8.78 Å². The van der Waals surface area contributed by atoms with Gasteiger partial charge in [-0.15, -0.1) is 0 Å². The summed E-state index contributed by atoms with van der Waals surface area (Å²) in [6.45, 7) is 11.2. The van der Waals surface area contributed by atoms with Gasteiger partial charge in [-0.2, -0.15) is 10.2 Å². The van der Waals surface area contributed by atoms with Crippen LogP contribution in [0.5, 0.6) is 23.0 Å². The minimum Gasteiger partial charge on any atom is -0.495 e. The van der Waals surface area contributed by atoms with Crippen LogP contribution in [0, 0.1) is 28.4 Å². The number of carboxylic acids is 1. The van der Waals surface area contributed by atoms with E-state index in [9.17, 15) is 24.8 Å². The molecule has 5 aromatic rings. The monoisotopic (exact) mass is 1190 g/mol. The maximum Gasteiger partial charge on any atom is 0.303 e. The molecule has 1 unspecified atom stereocenters. The number of rotatable bonds is 33. The number of aromatic nitrogens is 2. The molecule has 8 N–H and O–H groups in total.